The van der Waals surface area contributed by atoms with Crippen LogP contribution in [-0.2, 0) is 0 Å². The van der Waals surface area contributed by atoms with E-state index in [1.807, 2.05) is 7.05 Å². The van der Waals surface area contributed by atoms with Crippen LogP contribution in [0.2, 0.25) is 0 Å². The molecule has 1 heterocycles. The van der Waals surface area contributed by atoms with Gasteiger partial charge in [-0.3, -0.25) is 0 Å². The summed E-state index contributed by atoms with van der Waals surface area (Å²) < 4.78 is 0. The van der Waals surface area contributed by atoms with Gasteiger partial charge in [0.1, 0.15) is 5.82 Å². The first-order chi connectivity index (χ1) is 6.24. The predicted octanol–water partition coefficient (Wildman–Crippen LogP) is 0.409. The minimum atomic E-state index is 0.439. The molecule has 0 unspecified atom stereocenters. The van der Waals surface area contributed by atoms with Gasteiger partial charge in [-0.1, -0.05) is 0 Å². The first-order valence-electron chi connectivity index (χ1n) is 3.90. The second-order valence-electron chi connectivity index (χ2n) is 2.61. The minimum Gasteiger partial charge on any atom is -0.384 e. The monoisotopic (exact) mass is 177 g/mol. The van der Waals surface area contributed by atoms with Crippen LogP contribution >= 0.6 is 0 Å². The molecule has 1 aromatic rings. The molecule has 1 aromatic heterocycles. The average molecular weight is 177 g/mol. The Morgan fingerprint density at radius 2 is 2.46 bits per heavy atom. The van der Waals surface area contributed by atoms with E-state index < -0.39 is 0 Å². The van der Waals surface area contributed by atoms with Crippen LogP contribution in [0.4, 0.5) is 11.8 Å². The normalized spacial score (nSPS) is 9.23. The molecule has 0 aliphatic carbocycles. The van der Waals surface area contributed by atoms with Gasteiger partial charge >= 0.3 is 0 Å². The van der Waals surface area contributed by atoms with Gasteiger partial charge < -0.3 is 10.6 Å². The number of hydrogen-bond donors (Lipinski definition) is 1. The lowest BCUT2D eigenvalue weighted by molar-refractivity contribution is 0.860. The second kappa shape index (κ2) is 4.26. The van der Waals surface area contributed by atoms with E-state index in [0.29, 0.717) is 24.7 Å². The Hall–Kier alpha value is -1.83. The van der Waals surface area contributed by atoms with Crippen LogP contribution in [0.3, 0.4) is 0 Å². The molecule has 0 aromatic carbocycles. The third kappa shape index (κ3) is 2.60. The number of aromatic nitrogens is 2. The fraction of sp³-hybridized carbons (Fsp3) is 0.375. The van der Waals surface area contributed by atoms with Gasteiger partial charge in [0, 0.05) is 19.8 Å². The summed E-state index contributed by atoms with van der Waals surface area (Å²) in [6.07, 6.45) is 2.05. The quantitative estimate of drug-likeness (QED) is 0.723. The molecular formula is C8H11N5. The smallest absolute Gasteiger partial charge is 0.227 e. The van der Waals surface area contributed by atoms with Crippen molar-refractivity contribution in [3.05, 3.63) is 12.3 Å². The van der Waals surface area contributed by atoms with Gasteiger partial charge in [-0.05, 0) is 6.07 Å². The average Bonchev–Trinajstić information content (AvgIpc) is 2.14. The van der Waals surface area contributed by atoms with Crippen LogP contribution in [-0.4, -0.2) is 23.6 Å². The standard InChI is InChI=1S/C8H11N5/c1-13(6-2-4-9)8-11-5-3-7(10)12-8/h3,5H,2,6H2,1H3,(H2,10,11,12). The molecule has 68 valence electrons. The SMILES string of the molecule is CN(CCC#N)c1nccc(N)n1. The molecule has 0 spiro atoms. The van der Waals surface area contributed by atoms with Gasteiger partial charge in [0.2, 0.25) is 5.95 Å². The molecule has 5 nitrogen and oxygen atoms in total. The van der Waals surface area contributed by atoms with E-state index in [1.54, 1.807) is 17.2 Å². The van der Waals surface area contributed by atoms with Crippen LogP contribution in [0, 0.1) is 11.3 Å². The van der Waals surface area contributed by atoms with Gasteiger partial charge in [0.25, 0.3) is 0 Å². The molecule has 5 heteroatoms. The molecule has 0 aliphatic heterocycles. The van der Waals surface area contributed by atoms with Crippen molar-refractivity contribution >= 4 is 11.8 Å². The van der Waals surface area contributed by atoms with Crippen molar-refractivity contribution in [2.75, 3.05) is 24.2 Å². The summed E-state index contributed by atoms with van der Waals surface area (Å²) in [5.74, 6) is 0.990. The van der Waals surface area contributed by atoms with Crippen molar-refractivity contribution in [2.45, 2.75) is 6.42 Å². The summed E-state index contributed by atoms with van der Waals surface area (Å²) in [5.41, 5.74) is 5.48. The Balaban J connectivity index is 2.66. The van der Waals surface area contributed by atoms with E-state index in [-0.39, 0.29) is 0 Å². The van der Waals surface area contributed by atoms with Crippen LogP contribution in [0.1, 0.15) is 6.42 Å². The first-order valence-corrected chi connectivity index (χ1v) is 3.90. The minimum absolute atomic E-state index is 0.439. The lowest BCUT2D eigenvalue weighted by Crippen LogP contribution is -2.20. The fourth-order valence-corrected chi connectivity index (χ4v) is 0.864. The Bertz CT molecular complexity index is 317. The van der Waals surface area contributed by atoms with Crippen molar-refractivity contribution in [1.82, 2.24) is 9.97 Å². The molecule has 0 fully saturated rings. The molecule has 2 N–H and O–H groups in total. The summed E-state index contributed by atoms with van der Waals surface area (Å²) in [4.78, 5) is 9.82. The van der Waals surface area contributed by atoms with Crippen LogP contribution in [0.15, 0.2) is 12.3 Å². The van der Waals surface area contributed by atoms with Gasteiger partial charge in [-0.25, -0.2) is 4.98 Å². The zero-order valence-electron chi connectivity index (χ0n) is 7.44. The van der Waals surface area contributed by atoms with Gasteiger partial charge in [-0.2, -0.15) is 10.2 Å². The summed E-state index contributed by atoms with van der Waals surface area (Å²) in [6.45, 7) is 0.611. The van der Waals surface area contributed by atoms with Crippen molar-refractivity contribution in [3.63, 3.8) is 0 Å². The molecule has 0 saturated heterocycles. The van der Waals surface area contributed by atoms with Gasteiger partial charge in [0.05, 0.1) is 12.5 Å². The number of hydrogen-bond acceptors (Lipinski definition) is 5. The maximum absolute atomic E-state index is 8.37. The maximum Gasteiger partial charge on any atom is 0.227 e. The number of rotatable bonds is 3. The Labute approximate surface area is 76.8 Å². The largest absolute Gasteiger partial charge is 0.384 e. The zero-order chi connectivity index (χ0) is 9.68. The summed E-state index contributed by atoms with van der Waals surface area (Å²) in [5, 5.41) is 8.37. The maximum atomic E-state index is 8.37. The van der Waals surface area contributed by atoms with Gasteiger partial charge in [0.15, 0.2) is 0 Å². The number of anilines is 2. The summed E-state index contributed by atoms with van der Waals surface area (Å²) in [7, 11) is 1.83. The molecule has 0 saturated carbocycles. The highest BCUT2D eigenvalue weighted by Crippen LogP contribution is 2.06. The van der Waals surface area contributed by atoms with Crippen LogP contribution in [0.25, 0.3) is 0 Å². The predicted molar refractivity (Wildman–Crippen MR) is 49.9 cm³/mol. The highest BCUT2D eigenvalue weighted by Gasteiger charge is 2.02. The Morgan fingerprint density at radius 3 is 3.08 bits per heavy atom. The molecule has 0 amide bonds. The van der Waals surface area contributed by atoms with E-state index in [0.717, 1.165) is 0 Å². The number of nitriles is 1. The van der Waals surface area contributed by atoms with Crippen LogP contribution < -0.4 is 10.6 Å². The molecule has 0 radical (unpaired) electrons. The molecular weight excluding hydrogens is 166 g/mol. The third-order valence-electron chi connectivity index (χ3n) is 1.56. The number of nitrogens with two attached hydrogens (primary N) is 1. The molecule has 0 bridgehead atoms. The van der Waals surface area contributed by atoms with E-state index >= 15 is 0 Å². The number of nitrogen functional groups attached to an aromatic ring is 1. The summed E-state index contributed by atoms with van der Waals surface area (Å²) >= 11 is 0. The van der Waals surface area contributed by atoms with E-state index in [9.17, 15) is 0 Å². The number of nitrogens with zero attached hydrogens (tertiary/aromatic N) is 4. The lowest BCUT2D eigenvalue weighted by Gasteiger charge is -2.14. The van der Waals surface area contributed by atoms with Crippen LogP contribution in [0.5, 0.6) is 0 Å². The Morgan fingerprint density at radius 1 is 1.69 bits per heavy atom. The topological polar surface area (TPSA) is 78.8 Å². The summed E-state index contributed by atoms with van der Waals surface area (Å²) in [6, 6.07) is 3.68. The highest BCUT2D eigenvalue weighted by molar-refractivity contribution is 5.36. The third-order valence-corrected chi connectivity index (χ3v) is 1.56. The molecule has 0 atom stereocenters. The lowest BCUT2D eigenvalue weighted by atomic mass is 10.4. The second-order valence-corrected chi connectivity index (χ2v) is 2.61. The van der Waals surface area contributed by atoms with Crippen molar-refractivity contribution in [3.8, 4) is 6.07 Å². The highest BCUT2D eigenvalue weighted by atomic mass is 15.2. The zero-order valence-corrected chi connectivity index (χ0v) is 7.44. The van der Waals surface area contributed by atoms with Crippen molar-refractivity contribution in [2.24, 2.45) is 0 Å². The van der Waals surface area contributed by atoms with Crippen molar-refractivity contribution in [1.29, 1.82) is 5.26 Å². The van der Waals surface area contributed by atoms with Crippen molar-refractivity contribution < 1.29 is 0 Å². The first kappa shape index (κ1) is 9.26. The van der Waals surface area contributed by atoms with E-state index in [2.05, 4.69) is 16.0 Å². The molecule has 13 heavy (non-hydrogen) atoms. The molecule has 1 rings (SSSR count). The fourth-order valence-electron chi connectivity index (χ4n) is 0.864. The van der Waals surface area contributed by atoms with E-state index in [4.69, 9.17) is 11.0 Å². The van der Waals surface area contributed by atoms with Gasteiger partial charge in [-0.15, -0.1) is 0 Å². The van der Waals surface area contributed by atoms with E-state index in [1.165, 1.54) is 0 Å². The molecule has 0 aliphatic rings. The Kier molecular flexibility index (Phi) is 3.03.